The molecule has 0 unspecified atom stereocenters. The van der Waals surface area contributed by atoms with Crippen LogP contribution in [0, 0.1) is 13.8 Å². The number of fused-ring (bicyclic) bond motifs is 2. The van der Waals surface area contributed by atoms with E-state index in [1.807, 2.05) is 19.9 Å². The highest BCUT2D eigenvalue weighted by molar-refractivity contribution is 6.02. The zero-order valence-electron chi connectivity index (χ0n) is 15.1. The zero-order valence-corrected chi connectivity index (χ0v) is 15.1. The first-order valence-electron chi connectivity index (χ1n) is 8.66. The van der Waals surface area contributed by atoms with Gasteiger partial charge in [0.15, 0.2) is 6.29 Å². The van der Waals surface area contributed by atoms with Crippen molar-refractivity contribution in [3.63, 3.8) is 0 Å². The summed E-state index contributed by atoms with van der Waals surface area (Å²) in [5.41, 5.74) is 4.11. The monoisotopic (exact) mass is 367 g/mol. The first-order valence-corrected chi connectivity index (χ1v) is 8.66. The van der Waals surface area contributed by atoms with Crippen LogP contribution >= 0.6 is 0 Å². The molecule has 0 bridgehead atoms. The van der Waals surface area contributed by atoms with Gasteiger partial charge in [-0.3, -0.25) is 0 Å². The van der Waals surface area contributed by atoms with Crippen LogP contribution in [0.2, 0.25) is 0 Å². The van der Waals surface area contributed by atoms with Crippen molar-refractivity contribution < 1.29 is 23.4 Å². The molecule has 1 fully saturated rings. The van der Waals surface area contributed by atoms with E-state index in [9.17, 15) is 4.79 Å². The fourth-order valence-corrected chi connectivity index (χ4v) is 3.69. The van der Waals surface area contributed by atoms with E-state index in [0.29, 0.717) is 58.3 Å². The van der Waals surface area contributed by atoms with Gasteiger partial charge >= 0.3 is 5.76 Å². The molecule has 138 valence electrons. The number of rotatable bonds is 2. The lowest BCUT2D eigenvalue weighted by Gasteiger charge is -2.25. The third kappa shape index (κ3) is 2.28. The van der Waals surface area contributed by atoms with E-state index in [-0.39, 0.29) is 0 Å². The highest BCUT2D eigenvalue weighted by Crippen LogP contribution is 2.51. The minimum atomic E-state index is -0.660. The maximum absolute atomic E-state index is 12.2. The summed E-state index contributed by atoms with van der Waals surface area (Å²) in [6.45, 7) is 4.82. The summed E-state index contributed by atoms with van der Waals surface area (Å²) in [5, 5.41) is 0.665. The Kier molecular flexibility index (Phi) is 3.50. The van der Waals surface area contributed by atoms with Crippen molar-refractivity contribution >= 4 is 11.0 Å². The minimum Gasteiger partial charge on any atom is -0.496 e. The Balaban J connectivity index is 1.92. The van der Waals surface area contributed by atoms with Crippen molar-refractivity contribution in [2.45, 2.75) is 20.1 Å². The van der Waals surface area contributed by atoms with Crippen molar-refractivity contribution in [1.29, 1.82) is 0 Å². The van der Waals surface area contributed by atoms with Crippen LogP contribution in [0.1, 0.15) is 23.0 Å². The number of ether oxygens (including phenoxy) is 4. The van der Waals surface area contributed by atoms with Crippen molar-refractivity contribution in [1.82, 2.24) is 4.98 Å². The molecule has 3 aromatic rings. The normalized spacial score (nSPS) is 15.7. The molecule has 7 nitrogen and oxygen atoms in total. The van der Waals surface area contributed by atoms with E-state index in [1.165, 1.54) is 0 Å². The molecule has 0 saturated carbocycles. The molecule has 5 rings (SSSR count). The van der Waals surface area contributed by atoms with Crippen molar-refractivity contribution in [3.05, 3.63) is 45.4 Å². The molecule has 1 saturated heterocycles. The molecular weight excluding hydrogens is 350 g/mol. The van der Waals surface area contributed by atoms with Gasteiger partial charge in [-0.25, -0.2) is 4.79 Å². The Bertz CT molecular complexity index is 1140. The van der Waals surface area contributed by atoms with Crippen molar-refractivity contribution in [2.75, 3.05) is 20.3 Å². The second kappa shape index (κ2) is 5.80. The first-order chi connectivity index (χ1) is 13.1. The second-order valence-electron chi connectivity index (χ2n) is 6.58. The Morgan fingerprint density at radius 1 is 1.15 bits per heavy atom. The molecule has 0 aliphatic carbocycles. The van der Waals surface area contributed by atoms with Gasteiger partial charge in [0.1, 0.15) is 22.8 Å². The van der Waals surface area contributed by atoms with Gasteiger partial charge in [0.2, 0.25) is 0 Å². The number of hydrogen-bond acceptors (Lipinski definition) is 7. The average molecular weight is 367 g/mol. The summed E-state index contributed by atoms with van der Waals surface area (Å²) in [7, 11) is 1.58. The molecule has 1 aromatic heterocycles. The molecule has 2 aliphatic rings. The van der Waals surface area contributed by atoms with Gasteiger partial charge in [-0.1, -0.05) is 0 Å². The summed E-state index contributed by atoms with van der Waals surface area (Å²) in [6, 6.07) is 5.53. The fourth-order valence-electron chi connectivity index (χ4n) is 3.69. The Morgan fingerprint density at radius 3 is 2.67 bits per heavy atom. The minimum absolute atomic E-state index is 0.479. The first kappa shape index (κ1) is 16.3. The smallest absolute Gasteiger partial charge is 0.439 e. The summed E-state index contributed by atoms with van der Waals surface area (Å²) in [5.74, 6) is 1.10. The van der Waals surface area contributed by atoms with Crippen LogP contribution in [-0.4, -0.2) is 25.3 Å². The maximum atomic E-state index is 12.2. The van der Waals surface area contributed by atoms with Gasteiger partial charge in [-0.15, -0.1) is 0 Å². The third-order valence-corrected chi connectivity index (χ3v) is 5.08. The Hall–Kier alpha value is -2.90. The quantitative estimate of drug-likeness (QED) is 0.535. The third-order valence-electron chi connectivity index (χ3n) is 5.08. The lowest BCUT2D eigenvalue weighted by atomic mass is 9.94. The zero-order chi connectivity index (χ0) is 18.7. The van der Waals surface area contributed by atoms with Crippen molar-refractivity contribution in [3.8, 4) is 28.5 Å². The highest BCUT2D eigenvalue weighted by Gasteiger charge is 2.34. The lowest BCUT2D eigenvalue weighted by Crippen LogP contribution is -2.13. The van der Waals surface area contributed by atoms with E-state index in [4.69, 9.17) is 23.4 Å². The lowest BCUT2D eigenvalue weighted by molar-refractivity contribution is -0.0451. The molecule has 0 amide bonds. The summed E-state index contributed by atoms with van der Waals surface area (Å²) >= 11 is 0. The van der Waals surface area contributed by atoms with Crippen molar-refractivity contribution in [2.24, 2.45) is 0 Å². The number of benzene rings is 2. The van der Waals surface area contributed by atoms with Crippen LogP contribution in [0.25, 0.3) is 22.2 Å². The molecular formula is C20H17NO6. The van der Waals surface area contributed by atoms with E-state index in [1.54, 1.807) is 19.2 Å². The molecule has 7 heteroatoms. The SMILES string of the molecule is COc1ccc2c(c1C1OCCO1)-c1nc(=O)oc3c(C)c(C)cc(c13)O2. The number of nitrogens with zero attached hydrogens (tertiary/aromatic N) is 1. The van der Waals surface area contributed by atoms with E-state index < -0.39 is 12.0 Å². The highest BCUT2D eigenvalue weighted by atomic mass is 16.7. The summed E-state index contributed by atoms with van der Waals surface area (Å²) in [6.07, 6.45) is -0.615. The van der Waals surface area contributed by atoms with Crippen LogP contribution in [0.5, 0.6) is 17.2 Å². The predicted octanol–water partition coefficient (Wildman–Crippen LogP) is 3.63. The number of aromatic nitrogens is 1. The van der Waals surface area contributed by atoms with Gasteiger partial charge in [-0.2, -0.15) is 4.98 Å². The van der Waals surface area contributed by atoms with Crippen LogP contribution in [-0.2, 0) is 9.47 Å². The Labute approximate surface area is 154 Å². The van der Waals surface area contributed by atoms with Crippen LogP contribution in [0.4, 0.5) is 0 Å². The van der Waals surface area contributed by atoms with Gasteiger partial charge in [-0.05, 0) is 43.2 Å². The van der Waals surface area contributed by atoms with E-state index in [0.717, 1.165) is 11.1 Å². The standard InChI is InChI=1S/C20H17NO6/c1-9-8-13-16-17(21-20(22)27-18(16)10(9)2)14-12(26-13)5-4-11(23-3)15(14)19-24-6-7-25-19/h4-5,8,19H,6-7H2,1-3H3. The molecule has 0 spiro atoms. The van der Waals surface area contributed by atoms with Gasteiger partial charge in [0.05, 0.1) is 42.5 Å². The van der Waals surface area contributed by atoms with E-state index >= 15 is 0 Å². The van der Waals surface area contributed by atoms with Gasteiger partial charge < -0.3 is 23.4 Å². The largest absolute Gasteiger partial charge is 0.496 e. The average Bonchev–Trinajstić information content (AvgIpc) is 3.19. The number of aryl methyl sites for hydroxylation is 2. The van der Waals surface area contributed by atoms with Crippen LogP contribution in [0.15, 0.2) is 27.4 Å². The molecule has 2 aromatic carbocycles. The maximum Gasteiger partial charge on any atom is 0.439 e. The molecule has 0 radical (unpaired) electrons. The molecule has 0 N–H and O–H groups in total. The van der Waals surface area contributed by atoms with Gasteiger partial charge in [0, 0.05) is 0 Å². The van der Waals surface area contributed by atoms with E-state index in [2.05, 4.69) is 4.98 Å². The predicted molar refractivity (Wildman–Crippen MR) is 96.5 cm³/mol. The van der Waals surface area contributed by atoms with Gasteiger partial charge in [0.25, 0.3) is 0 Å². The number of hydrogen-bond donors (Lipinski definition) is 0. The number of methoxy groups -OCH3 is 1. The van der Waals surface area contributed by atoms with Crippen LogP contribution in [0.3, 0.4) is 0 Å². The topological polar surface area (TPSA) is 80.0 Å². The molecule has 3 heterocycles. The summed E-state index contributed by atoms with van der Waals surface area (Å²) < 4.78 is 28.6. The molecule has 0 atom stereocenters. The van der Waals surface area contributed by atoms with Crippen LogP contribution < -0.4 is 15.2 Å². The second-order valence-corrected chi connectivity index (χ2v) is 6.58. The Morgan fingerprint density at radius 2 is 1.93 bits per heavy atom. The summed E-state index contributed by atoms with van der Waals surface area (Å²) in [4.78, 5) is 16.4. The molecule has 2 aliphatic heterocycles. The molecule has 27 heavy (non-hydrogen) atoms. The fraction of sp³-hybridized carbons (Fsp3) is 0.300.